The molecule has 2 aliphatic heterocycles. The summed E-state index contributed by atoms with van der Waals surface area (Å²) in [5.41, 5.74) is 0.883. The van der Waals surface area contributed by atoms with Gasteiger partial charge in [-0.3, -0.25) is 9.59 Å². The Labute approximate surface area is 146 Å². The fourth-order valence-corrected chi connectivity index (χ4v) is 3.33. The van der Waals surface area contributed by atoms with E-state index in [-0.39, 0.29) is 11.8 Å². The lowest BCUT2D eigenvalue weighted by molar-refractivity contribution is -0.143. The molecule has 2 N–H and O–H groups in total. The molecule has 2 unspecified atom stereocenters. The zero-order valence-electron chi connectivity index (χ0n) is 13.9. The molecule has 2 amide bonds. The van der Waals surface area contributed by atoms with Crippen LogP contribution in [0.25, 0.3) is 0 Å². The highest BCUT2D eigenvalue weighted by molar-refractivity contribution is 5.99. The predicted octanol–water partition coefficient (Wildman–Crippen LogP) is 1.88. The molecule has 0 bridgehead atoms. The van der Waals surface area contributed by atoms with Crippen LogP contribution in [0.1, 0.15) is 42.5 Å². The summed E-state index contributed by atoms with van der Waals surface area (Å²) in [5.74, 6) is -1.51. The van der Waals surface area contributed by atoms with Gasteiger partial charge in [0.2, 0.25) is 0 Å². The second kappa shape index (κ2) is 7.65. The number of hydrogen-bond donors (Lipinski definition) is 2. The van der Waals surface area contributed by atoms with Gasteiger partial charge in [-0.15, -0.1) is 0 Å². The molecule has 2 saturated heterocycles. The van der Waals surface area contributed by atoms with Crippen molar-refractivity contribution in [2.75, 3.05) is 18.5 Å². The van der Waals surface area contributed by atoms with Gasteiger partial charge in [0.25, 0.3) is 11.8 Å². The zero-order chi connectivity index (χ0) is 17.8. The minimum Gasteiger partial charge on any atom is -0.480 e. The van der Waals surface area contributed by atoms with Crippen LogP contribution in [0.4, 0.5) is 5.69 Å². The summed E-state index contributed by atoms with van der Waals surface area (Å²) in [6.07, 6.45) is 3.18. The number of carbonyl (C=O) groups is 3. The smallest absolute Gasteiger partial charge is 0.326 e. The van der Waals surface area contributed by atoms with Crippen molar-refractivity contribution in [3.05, 3.63) is 29.8 Å². The number of carboxylic acids is 1. The van der Waals surface area contributed by atoms with E-state index in [1.807, 2.05) is 0 Å². The number of anilines is 1. The average molecular weight is 346 g/mol. The van der Waals surface area contributed by atoms with Crippen molar-refractivity contribution in [1.82, 2.24) is 4.90 Å². The molecule has 0 radical (unpaired) electrons. The van der Waals surface area contributed by atoms with Gasteiger partial charge in [0, 0.05) is 24.4 Å². The Kier molecular flexibility index (Phi) is 5.33. The number of nitrogens with zero attached hydrogens (tertiary/aromatic N) is 1. The molecule has 3 rings (SSSR count). The minimum atomic E-state index is -0.976. The number of piperidine rings is 1. The third-order valence-corrected chi connectivity index (χ3v) is 4.65. The number of hydrogen-bond acceptors (Lipinski definition) is 4. The van der Waals surface area contributed by atoms with Crippen LogP contribution in [0.3, 0.4) is 0 Å². The van der Waals surface area contributed by atoms with Gasteiger partial charge >= 0.3 is 5.97 Å². The lowest BCUT2D eigenvalue weighted by atomic mass is 10.0. The van der Waals surface area contributed by atoms with Crippen molar-refractivity contribution in [3.8, 4) is 0 Å². The summed E-state index contributed by atoms with van der Waals surface area (Å²) < 4.78 is 5.35. The minimum absolute atomic E-state index is 0.219. The van der Waals surface area contributed by atoms with Crippen LogP contribution < -0.4 is 5.32 Å². The Hall–Kier alpha value is -2.41. The van der Waals surface area contributed by atoms with Crippen LogP contribution in [0.15, 0.2) is 24.3 Å². The Bertz CT molecular complexity index is 669. The molecule has 1 aromatic carbocycles. The van der Waals surface area contributed by atoms with E-state index in [4.69, 9.17) is 4.74 Å². The molecule has 2 fully saturated rings. The predicted molar refractivity (Wildman–Crippen MR) is 90.4 cm³/mol. The molecule has 1 aromatic rings. The fourth-order valence-electron chi connectivity index (χ4n) is 3.33. The standard InChI is InChI=1S/C18H22N2O5/c21-16(15-8-4-10-25-15)19-13-6-3-5-12(11-13)17(22)20-9-2-1-7-14(20)18(23)24/h3,5-6,11,14-15H,1-2,4,7-10H2,(H,19,21)(H,23,24). The molecule has 0 aromatic heterocycles. The molecule has 2 atom stereocenters. The van der Waals surface area contributed by atoms with Gasteiger partial charge in [0.05, 0.1) is 0 Å². The Balaban J connectivity index is 1.72. The second-order valence-corrected chi connectivity index (χ2v) is 6.42. The monoisotopic (exact) mass is 346 g/mol. The maximum absolute atomic E-state index is 12.7. The molecule has 2 heterocycles. The summed E-state index contributed by atoms with van der Waals surface area (Å²) >= 11 is 0. The van der Waals surface area contributed by atoms with E-state index in [2.05, 4.69) is 5.32 Å². The van der Waals surface area contributed by atoms with E-state index in [9.17, 15) is 19.5 Å². The molecular formula is C18H22N2O5. The number of ether oxygens (including phenoxy) is 1. The van der Waals surface area contributed by atoms with Crippen molar-refractivity contribution < 1.29 is 24.2 Å². The number of rotatable bonds is 4. The van der Waals surface area contributed by atoms with Gasteiger partial charge in [-0.05, 0) is 50.3 Å². The van der Waals surface area contributed by atoms with Crippen molar-refractivity contribution in [3.63, 3.8) is 0 Å². The summed E-state index contributed by atoms with van der Waals surface area (Å²) in [6, 6.07) is 5.82. The van der Waals surface area contributed by atoms with Gasteiger partial charge in [0.1, 0.15) is 12.1 Å². The summed E-state index contributed by atoms with van der Waals surface area (Å²) in [6.45, 7) is 1.02. The molecule has 7 heteroatoms. The molecule has 0 aliphatic carbocycles. The van der Waals surface area contributed by atoms with Crippen LogP contribution in [-0.2, 0) is 14.3 Å². The van der Waals surface area contributed by atoms with E-state index in [0.717, 1.165) is 19.3 Å². The number of aliphatic carboxylic acids is 1. The van der Waals surface area contributed by atoms with E-state index in [1.54, 1.807) is 24.3 Å². The van der Waals surface area contributed by atoms with Crippen LogP contribution in [0, 0.1) is 0 Å². The van der Waals surface area contributed by atoms with Crippen molar-refractivity contribution in [2.24, 2.45) is 0 Å². The molecule has 25 heavy (non-hydrogen) atoms. The van der Waals surface area contributed by atoms with Gasteiger partial charge in [0.15, 0.2) is 0 Å². The van der Waals surface area contributed by atoms with Gasteiger partial charge in [-0.1, -0.05) is 6.07 Å². The van der Waals surface area contributed by atoms with Crippen molar-refractivity contribution >= 4 is 23.5 Å². The van der Waals surface area contributed by atoms with Crippen LogP contribution in [0.5, 0.6) is 0 Å². The first-order chi connectivity index (χ1) is 12.1. The lowest BCUT2D eigenvalue weighted by Gasteiger charge is -2.33. The summed E-state index contributed by atoms with van der Waals surface area (Å²) in [7, 11) is 0. The number of carbonyl (C=O) groups excluding carboxylic acids is 2. The van der Waals surface area contributed by atoms with Gasteiger partial charge < -0.3 is 20.1 Å². The highest BCUT2D eigenvalue weighted by Gasteiger charge is 2.32. The van der Waals surface area contributed by atoms with Gasteiger partial charge in [-0.25, -0.2) is 4.79 Å². The first-order valence-electron chi connectivity index (χ1n) is 8.62. The second-order valence-electron chi connectivity index (χ2n) is 6.42. The molecule has 0 spiro atoms. The average Bonchev–Trinajstić information content (AvgIpc) is 3.16. The third kappa shape index (κ3) is 3.99. The molecule has 134 valence electrons. The maximum Gasteiger partial charge on any atom is 0.326 e. The van der Waals surface area contributed by atoms with Crippen molar-refractivity contribution in [1.29, 1.82) is 0 Å². The van der Waals surface area contributed by atoms with Crippen LogP contribution in [0.2, 0.25) is 0 Å². The largest absolute Gasteiger partial charge is 0.480 e. The Morgan fingerprint density at radius 3 is 2.72 bits per heavy atom. The van der Waals surface area contributed by atoms with Gasteiger partial charge in [-0.2, -0.15) is 0 Å². The third-order valence-electron chi connectivity index (χ3n) is 4.65. The number of benzene rings is 1. The van der Waals surface area contributed by atoms with E-state index in [1.165, 1.54) is 4.90 Å². The maximum atomic E-state index is 12.7. The SMILES string of the molecule is O=C(Nc1cccc(C(=O)N2CCCCC2C(=O)O)c1)C1CCCO1. The van der Waals surface area contributed by atoms with E-state index >= 15 is 0 Å². The van der Waals surface area contributed by atoms with Crippen LogP contribution >= 0.6 is 0 Å². The quantitative estimate of drug-likeness (QED) is 0.868. The fraction of sp³-hybridized carbons (Fsp3) is 0.500. The lowest BCUT2D eigenvalue weighted by Crippen LogP contribution is -2.48. The van der Waals surface area contributed by atoms with E-state index in [0.29, 0.717) is 37.2 Å². The van der Waals surface area contributed by atoms with Crippen molar-refractivity contribution in [2.45, 2.75) is 44.2 Å². The highest BCUT2D eigenvalue weighted by Crippen LogP contribution is 2.22. The topological polar surface area (TPSA) is 95.9 Å². The molecule has 7 nitrogen and oxygen atoms in total. The molecule has 0 saturated carbocycles. The summed E-state index contributed by atoms with van der Waals surface area (Å²) in [4.78, 5) is 37.7. The zero-order valence-corrected chi connectivity index (χ0v) is 13.9. The summed E-state index contributed by atoms with van der Waals surface area (Å²) in [5, 5.41) is 12.1. The normalized spacial score (nSPS) is 23.3. The number of amides is 2. The first kappa shape index (κ1) is 17.4. The van der Waals surface area contributed by atoms with E-state index < -0.39 is 18.1 Å². The number of likely N-dealkylation sites (tertiary alicyclic amines) is 1. The Morgan fingerprint density at radius 2 is 2.00 bits per heavy atom. The van der Waals surface area contributed by atoms with Crippen LogP contribution in [-0.4, -0.2) is 53.1 Å². The first-order valence-corrected chi connectivity index (χ1v) is 8.62. The highest BCUT2D eigenvalue weighted by atomic mass is 16.5. The number of carboxylic acid groups (broad SMARTS) is 1. The molecule has 2 aliphatic rings. The molecular weight excluding hydrogens is 324 g/mol. The Morgan fingerprint density at radius 1 is 1.16 bits per heavy atom. The number of nitrogens with one attached hydrogen (secondary N) is 1.